The van der Waals surface area contributed by atoms with Gasteiger partial charge < -0.3 is 15.0 Å². The molecule has 2 N–H and O–H groups in total. The van der Waals surface area contributed by atoms with Gasteiger partial charge in [0.2, 0.25) is 11.8 Å². The van der Waals surface area contributed by atoms with Gasteiger partial charge in [-0.05, 0) is 107 Å². The van der Waals surface area contributed by atoms with Crippen molar-refractivity contribution in [2.45, 2.75) is 81.9 Å². The zero-order chi connectivity index (χ0) is 33.2. The third-order valence-electron chi connectivity index (χ3n) is 10.6. The number of halogens is 4. The minimum Gasteiger partial charge on any atom is -0.475 e. The first kappa shape index (κ1) is 34.4. The predicted molar refractivity (Wildman–Crippen MR) is 177 cm³/mol. The number of hydrogen-bond donors (Lipinski definition) is 2. The van der Waals surface area contributed by atoms with Gasteiger partial charge in [-0.15, -0.1) is 12.4 Å². The predicted octanol–water partition coefficient (Wildman–Crippen LogP) is 6.45. The molecule has 7 rings (SSSR count). The lowest BCUT2D eigenvalue weighted by Crippen LogP contribution is -2.60. The molecule has 1 aromatic heterocycles. The summed E-state index contributed by atoms with van der Waals surface area (Å²) in [5, 5.41) is 3.37. The average Bonchev–Trinajstić information content (AvgIpc) is 3.80. The molecule has 1 spiro atoms. The van der Waals surface area contributed by atoms with Crippen molar-refractivity contribution in [1.29, 1.82) is 0 Å². The Hall–Kier alpha value is -3.42. The molecule has 2 saturated carbocycles. The number of benzene rings is 2. The van der Waals surface area contributed by atoms with Gasteiger partial charge in [-0.2, -0.15) is 18.2 Å². The molecular formula is C34H39ClF3N5O4S. The average molecular weight is 706 g/mol. The van der Waals surface area contributed by atoms with E-state index in [4.69, 9.17) is 4.74 Å². The van der Waals surface area contributed by atoms with Gasteiger partial charge in [-0.1, -0.05) is 24.3 Å². The van der Waals surface area contributed by atoms with Crippen molar-refractivity contribution < 1.29 is 31.1 Å². The maximum absolute atomic E-state index is 14.5. The Bertz CT molecular complexity index is 1800. The fourth-order valence-corrected chi connectivity index (χ4v) is 8.76. The largest absolute Gasteiger partial charge is 0.475 e. The number of aryl methyl sites for hydroxylation is 2. The SMILES string of the molecule is Cc1cccc(C)c1-c1cc2nc(n1)NS(=O)(=O)c1cccc(c1)C(=O)N(C1CC3(CCNCC3)C1)C(CC1(C(F)(F)F)CC1)CO2.Cl. The Morgan fingerprint density at radius 3 is 2.29 bits per heavy atom. The number of nitrogens with zero attached hydrogens (tertiary/aromatic N) is 3. The van der Waals surface area contributed by atoms with E-state index in [9.17, 15) is 26.4 Å². The molecule has 3 heterocycles. The van der Waals surface area contributed by atoms with Crippen LogP contribution in [0.4, 0.5) is 19.1 Å². The van der Waals surface area contributed by atoms with E-state index in [1.807, 2.05) is 32.0 Å². The fourth-order valence-electron chi connectivity index (χ4n) is 7.77. The summed E-state index contributed by atoms with van der Waals surface area (Å²) < 4.78 is 79.3. The number of hydrogen-bond acceptors (Lipinski definition) is 7. The summed E-state index contributed by atoms with van der Waals surface area (Å²) >= 11 is 0. The number of amides is 1. The molecule has 1 atom stereocenters. The smallest absolute Gasteiger partial charge is 0.394 e. The summed E-state index contributed by atoms with van der Waals surface area (Å²) in [4.78, 5) is 24.7. The molecule has 4 bridgehead atoms. The normalized spacial score (nSPS) is 22.9. The number of aromatic nitrogens is 2. The zero-order valence-corrected chi connectivity index (χ0v) is 28.4. The molecule has 2 aliphatic carbocycles. The lowest BCUT2D eigenvalue weighted by Gasteiger charge is -2.55. The maximum Gasteiger partial charge on any atom is 0.394 e. The maximum atomic E-state index is 14.5. The molecule has 4 aliphatic rings. The number of alkyl halides is 3. The molecule has 1 amide bonds. The lowest BCUT2D eigenvalue weighted by molar-refractivity contribution is -0.194. The molecule has 14 heteroatoms. The van der Waals surface area contributed by atoms with E-state index >= 15 is 0 Å². The highest BCUT2D eigenvalue weighted by atomic mass is 35.5. The summed E-state index contributed by atoms with van der Waals surface area (Å²) in [7, 11) is -4.26. The zero-order valence-electron chi connectivity index (χ0n) is 26.8. The van der Waals surface area contributed by atoms with Crippen LogP contribution in [0.5, 0.6) is 5.88 Å². The van der Waals surface area contributed by atoms with Crippen LogP contribution in [0.1, 0.15) is 66.4 Å². The minimum atomic E-state index is -4.44. The summed E-state index contributed by atoms with van der Waals surface area (Å²) in [6.45, 7) is 5.28. The number of carbonyl (C=O) groups excluding carboxylic acids is 1. The summed E-state index contributed by atoms with van der Waals surface area (Å²) in [6.07, 6.45) is -1.57. The van der Waals surface area contributed by atoms with Crippen LogP contribution >= 0.6 is 12.4 Å². The molecule has 1 saturated heterocycles. The number of rotatable bonds is 4. The van der Waals surface area contributed by atoms with Gasteiger partial charge >= 0.3 is 6.18 Å². The molecule has 2 aliphatic heterocycles. The van der Waals surface area contributed by atoms with Crippen LogP contribution in [0.25, 0.3) is 11.3 Å². The molecule has 3 fully saturated rings. The number of anilines is 1. The number of sulfonamides is 1. The molecular weight excluding hydrogens is 667 g/mol. The molecule has 3 aromatic rings. The van der Waals surface area contributed by atoms with E-state index in [0.29, 0.717) is 18.5 Å². The first-order valence-electron chi connectivity index (χ1n) is 16.1. The Labute approximate surface area is 284 Å². The van der Waals surface area contributed by atoms with Crippen molar-refractivity contribution >= 4 is 34.3 Å². The first-order valence-corrected chi connectivity index (χ1v) is 17.6. The standard InChI is InChI=1S/C34H38F3N5O4S.ClH/c1-21-5-3-6-22(2)29(21)27-16-28-40-31(39-27)41-47(44,45)26-8-4-7-23(15-26)30(43)42(24-17-32(18-24)11-13-38-14-12-32)25(20-46-28)19-33(9-10-33)34(35,36)37;/h3-8,15-16,24-25,38H,9-14,17-20H2,1-2H3,(H,39,40,41);1H. The van der Waals surface area contributed by atoms with Gasteiger partial charge in [-0.25, -0.2) is 18.1 Å². The highest BCUT2D eigenvalue weighted by molar-refractivity contribution is 7.92. The molecule has 1 unspecified atom stereocenters. The Balaban J connectivity index is 0.00000401. The van der Waals surface area contributed by atoms with Crippen LogP contribution in [0.2, 0.25) is 0 Å². The van der Waals surface area contributed by atoms with E-state index in [2.05, 4.69) is 20.0 Å². The third-order valence-corrected chi connectivity index (χ3v) is 11.9. The topological polar surface area (TPSA) is 114 Å². The summed E-state index contributed by atoms with van der Waals surface area (Å²) in [5.41, 5.74) is 1.15. The van der Waals surface area contributed by atoms with Crippen LogP contribution < -0.4 is 14.8 Å². The van der Waals surface area contributed by atoms with Gasteiger partial charge in [0.05, 0.1) is 22.0 Å². The lowest BCUT2D eigenvalue weighted by atomic mass is 9.60. The van der Waals surface area contributed by atoms with Crippen molar-refractivity contribution in [2.75, 3.05) is 24.4 Å². The highest BCUT2D eigenvalue weighted by Gasteiger charge is 2.64. The van der Waals surface area contributed by atoms with Crippen LogP contribution in [0.3, 0.4) is 0 Å². The summed E-state index contributed by atoms with van der Waals surface area (Å²) in [5.74, 6) is -0.750. The summed E-state index contributed by atoms with van der Waals surface area (Å²) in [6, 6.07) is 11.7. The van der Waals surface area contributed by atoms with Crippen LogP contribution in [0.15, 0.2) is 53.4 Å². The van der Waals surface area contributed by atoms with E-state index in [-0.39, 0.29) is 72.0 Å². The van der Waals surface area contributed by atoms with Crippen molar-refractivity contribution in [2.24, 2.45) is 10.8 Å². The molecule has 0 radical (unpaired) electrons. The number of ether oxygens (including phenoxy) is 1. The van der Waals surface area contributed by atoms with Crippen LogP contribution in [0, 0.1) is 24.7 Å². The number of carbonyl (C=O) groups is 1. The van der Waals surface area contributed by atoms with Crippen LogP contribution in [-0.2, 0) is 10.0 Å². The number of piperidine rings is 1. The van der Waals surface area contributed by atoms with Crippen molar-refractivity contribution in [3.63, 3.8) is 0 Å². The van der Waals surface area contributed by atoms with Crippen LogP contribution in [-0.4, -0.2) is 67.1 Å². The van der Waals surface area contributed by atoms with Crippen molar-refractivity contribution in [3.05, 3.63) is 65.2 Å². The third kappa shape index (κ3) is 6.36. The monoisotopic (exact) mass is 705 g/mol. The quantitative estimate of drug-likeness (QED) is 0.321. The van der Waals surface area contributed by atoms with Crippen molar-refractivity contribution in [1.82, 2.24) is 20.2 Å². The van der Waals surface area contributed by atoms with Gasteiger partial charge in [0.25, 0.3) is 15.9 Å². The van der Waals surface area contributed by atoms with E-state index in [1.165, 1.54) is 24.3 Å². The first-order chi connectivity index (χ1) is 22.3. The van der Waals surface area contributed by atoms with Gasteiger partial charge in [-0.3, -0.25) is 4.79 Å². The van der Waals surface area contributed by atoms with Gasteiger partial charge in [0, 0.05) is 23.2 Å². The fraction of sp³-hybridized carbons (Fsp3) is 0.500. The van der Waals surface area contributed by atoms with E-state index in [0.717, 1.165) is 42.6 Å². The van der Waals surface area contributed by atoms with Gasteiger partial charge in [0.15, 0.2) is 0 Å². The number of nitrogens with one attached hydrogen (secondary N) is 2. The molecule has 2 aromatic carbocycles. The number of fused-ring (bicyclic) bond motifs is 4. The van der Waals surface area contributed by atoms with E-state index < -0.39 is 33.6 Å². The second-order valence-corrected chi connectivity index (χ2v) is 15.5. The molecule has 9 nitrogen and oxygen atoms in total. The van der Waals surface area contributed by atoms with Gasteiger partial charge in [0.1, 0.15) is 6.61 Å². The minimum absolute atomic E-state index is 0. The Kier molecular flexibility index (Phi) is 8.95. The highest BCUT2D eigenvalue weighted by Crippen LogP contribution is 2.61. The Morgan fingerprint density at radius 2 is 1.65 bits per heavy atom. The second-order valence-electron chi connectivity index (χ2n) is 13.8. The second kappa shape index (κ2) is 12.5. The van der Waals surface area contributed by atoms with Crippen molar-refractivity contribution in [3.8, 4) is 17.1 Å². The van der Waals surface area contributed by atoms with E-state index in [1.54, 1.807) is 11.0 Å². The Morgan fingerprint density at radius 1 is 0.979 bits per heavy atom. The molecule has 48 heavy (non-hydrogen) atoms. The molecule has 258 valence electrons.